The Labute approximate surface area is 226 Å². The number of nitrogens with two attached hydrogens (primary N) is 1. The molecule has 0 radical (unpaired) electrons. The number of anilines is 1. The average molecular weight is 527 g/mol. The molecule has 38 heavy (non-hydrogen) atoms. The zero-order valence-electron chi connectivity index (χ0n) is 20.9. The topological polar surface area (TPSA) is 102 Å². The summed E-state index contributed by atoms with van der Waals surface area (Å²) in [5.41, 5.74) is 7.19. The lowest BCUT2D eigenvalue weighted by Crippen LogP contribution is -2.27. The zero-order valence-corrected chi connectivity index (χ0v) is 21.7. The summed E-state index contributed by atoms with van der Waals surface area (Å²) in [6, 6.07) is 26.7. The van der Waals surface area contributed by atoms with E-state index in [1.807, 2.05) is 48.2 Å². The van der Waals surface area contributed by atoms with Crippen molar-refractivity contribution >= 4 is 40.1 Å². The quantitative estimate of drug-likeness (QED) is 0.231. The van der Waals surface area contributed by atoms with Crippen LogP contribution in [0.15, 0.2) is 89.8 Å². The van der Waals surface area contributed by atoms with Gasteiger partial charge in [0.1, 0.15) is 11.5 Å². The van der Waals surface area contributed by atoms with Crippen LogP contribution in [0.25, 0.3) is 10.8 Å². The van der Waals surface area contributed by atoms with E-state index in [9.17, 15) is 14.7 Å². The standard InChI is InChI=1S/C31H30N2O4S/c32-23-9-15-26(16-10-23)38-27-14-8-21-18-25(13-7-22(21)19-27)37-24-11-5-20(6-12-24)17-30(34)33-29-4-2-1-3-28(29)31(35)36/h1-8,11-14,18-19,23,26H,9-10,15-17,32H2,(H,33,34)(H,35,36). The highest BCUT2D eigenvalue weighted by molar-refractivity contribution is 8.00. The number of ether oxygens (including phenoxy) is 1. The molecular weight excluding hydrogens is 496 g/mol. The van der Waals surface area contributed by atoms with Gasteiger partial charge in [0, 0.05) is 16.2 Å². The number of carbonyl (C=O) groups is 2. The number of carboxylic acid groups (broad SMARTS) is 1. The first-order chi connectivity index (χ1) is 18.4. The summed E-state index contributed by atoms with van der Waals surface area (Å²) in [4.78, 5) is 25.1. The molecule has 0 spiro atoms. The number of hydrogen-bond donors (Lipinski definition) is 3. The molecule has 0 unspecified atom stereocenters. The van der Waals surface area contributed by atoms with E-state index in [0.717, 1.165) is 29.5 Å². The molecule has 1 amide bonds. The maximum absolute atomic E-state index is 12.5. The SMILES string of the molecule is NC1CCC(Sc2ccc3cc(Oc4ccc(CC(=O)Nc5ccccc5C(=O)O)cc4)ccc3c2)CC1. The molecule has 1 saturated carbocycles. The fraction of sp³-hybridized carbons (Fsp3) is 0.226. The Morgan fingerprint density at radius 1 is 0.868 bits per heavy atom. The van der Waals surface area contributed by atoms with Crippen molar-refractivity contribution in [2.24, 2.45) is 5.73 Å². The van der Waals surface area contributed by atoms with Crippen LogP contribution in [0.5, 0.6) is 11.5 Å². The summed E-state index contributed by atoms with van der Waals surface area (Å²) < 4.78 is 6.06. The molecule has 6 nitrogen and oxygen atoms in total. The van der Waals surface area contributed by atoms with E-state index in [-0.39, 0.29) is 23.6 Å². The molecule has 0 saturated heterocycles. The van der Waals surface area contributed by atoms with E-state index in [2.05, 4.69) is 29.6 Å². The highest BCUT2D eigenvalue weighted by Crippen LogP contribution is 2.35. The fourth-order valence-electron chi connectivity index (χ4n) is 4.71. The van der Waals surface area contributed by atoms with E-state index in [1.54, 1.807) is 18.2 Å². The Hall–Kier alpha value is -3.81. The van der Waals surface area contributed by atoms with Crippen molar-refractivity contribution in [2.75, 3.05) is 5.32 Å². The third-order valence-electron chi connectivity index (χ3n) is 6.76. The van der Waals surface area contributed by atoms with Gasteiger partial charge in [0.2, 0.25) is 5.91 Å². The maximum atomic E-state index is 12.5. The second-order valence-electron chi connectivity index (χ2n) is 9.65. The number of para-hydroxylation sites is 1. The third kappa shape index (κ3) is 6.54. The largest absolute Gasteiger partial charge is 0.478 e. The Morgan fingerprint density at radius 3 is 2.32 bits per heavy atom. The van der Waals surface area contributed by atoms with Crippen molar-refractivity contribution in [1.29, 1.82) is 0 Å². The Kier molecular flexibility index (Phi) is 7.96. The van der Waals surface area contributed by atoms with Crippen LogP contribution in [0.4, 0.5) is 5.69 Å². The third-order valence-corrected chi connectivity index (χ3v) is 8.09. The summed E-state index contributed by atoms with van der Waals surface area (Å²) >= 11 is 1.95. The first kappa shape index (κ1) is 25.8. The number of carboxylic acids is 1. The van der Waals surface area contributed by atoms with Crippen LogP contribution >= 0.6 is 11.8 Å². The minimum atomic E-state index is -1.08. The molecule has 0 aliphatic heterocycles. The molecular formula is C31H30N2O4S. The molecule has 1 fully saturated rings. The van der Waals surface area contributed by atoms with Gasteiger partial charge in [0.05, 0.1) is 17.7 Å². The second kappa shape index (κ2) is 11.7. The van der Waals surface area contributed by atoms with E-state index in [4.69, 9.17) is 10.5 Å². The lowest BCUT2D eigenvalue weighted by molar-refractivity contribution is -0.115. The van der Waals surface area contributed by atoms with E-state index in [0.29, 0.717) is 17.0 Å². The number of carbonyl (C=O) groups excluding carboxylic acids is 1. The lowest BCUT2D eigenvalue weighted by atomic mass is 9.96. The number of amides is 1. The Bertz CT molecular complexity index is 1450. The van der Waals surface area contributed by atoms with Crippen LogP contribution in [0, 0.1) is 0 Å². The molecule has 4 N–H and O–H groups in total. The molecule has 0 atom stereocenters. The molecule has 7 heteroatoms. The van der Waals surface area contributed by atoms with Crippen LogP contribution < -0.4 is 15.8 Å². The van der Waals surface area contributed by atoms with Crippen LogP contribution in [0.2, 0.25) is 0 Å². The van der Waals surface area contributed by atoms with Gasteiger partial charge in [-0.1, -0.05) is 36.4 Å². The monoisotopic (exact) mass is 526 g/mol. The van der Waals surface area contributed by atoms with Gasteiger partial charge in [-0.2, -0.15) is 0 Å². The summed E-state index contributed by atoms with van der Waals surface area (Å²) in [5.74, 6) is 0.0503. The summed E-state index contributed by atoms with van der Waals surface area (Å²) in [6.07, 6.45) is 4.71. The zero-order chi connectivity index (χ0) is 26.5. The molecule has 1 aliphatic rings. The minimum absolute atomic E-state index is 0.0596. The normalized spacial score (nSPS) is 17.2. The first-order valence-electron chi connectivity index (χ1n) is 12.8. The van der Waals surface area contributed by atoms with Crippen LogP contribution in [-0.2, 0) is 11.2 Å². The number of aromatic carboxylic acids is 1. The van der Waals surface area contributed by atoms with E-state index < -0.39 is 5.97 Å². The van der Waals surface area contributed by atoms with Gasteiger partial charge in [0.15, 0.2) is 0 Å². The molecule has 194 valence electrons. The highest BCUT2D eigenvalue weighted by atomic mass is 32.2. The van der Waals surface area contributed by atoms with Crippen molar-refractivity contribution < 1.29 is 19.4 Å². The van der Waals surface area contributed by atoms with Crippen LogP contribution in [-0.4, -0.2) is 28.3 Å². The van der Waals surface area contributed by atoms with Gasteiger partial charge < -0.3 is 20.9 Å². The first-order valence-corrected chi connectivity index (χ1v) is 13.7. The molecule has 4 aromatic carbocycles. The van der Waals surface area contributed by atoms with Gasteiger partial charge >= 0.3 is 5.97 Å². The molecule has 0 heterocycles. The minimum Gasteiger partial charge on any atom is -0.478 e. The van der Waals surface area contributed by atoms with Gasteiger partial charge in [-0.15, -0.1) is 11.8 Å². The number of fused-ring (bicyclic) bond motifs is 1. The molecule has 0 aromatic heterocycles. The Balaban J connectivity index is 1.18. The number of nitrogens with one attached hydrogen (secondary N) is 1. The van der Waals surface area contributed by atoms with Gasteiger partial charge in [-0.05, 0) is 90.6 Å². The van der Waals surface area contributed by atoms with Gasteiger partial charge in [0.25, 0.3) is 0 Å². The average Bonchev–Trinajstić information content (AvgIpc) is 2.91. The van der Waals surface area contributed by atoms with Crippen molar-refractivity contribution in [2.45, 2.75) is 48.3 Å². The summed E-state index contributed by atoms with van der Waals surface area (Å²) in [6.45, 7) is 0. The summed E-state index contributed by atoms with van der Waals surface area (Å²) in [7, 11) is 0. The smallest absolute Gasteiger partial charge is 0.337 e. The number of rotatable bonds is 8. The van der Waals surface area contributed by atoms with Gasteiger partial charge in [-0.3, -0.25) is 4.79 Å². The van der Waals surface area contributed by atoms with Crippen LogP contribution in [0.1, 0.15) is 41.6 Å². The van der Waals surface area contributed by atoms with Crippen molar-refractivity contribution in [3.63, 3.8) is 0 Å². The molecule has 1 aliphatic carbocycles. The van der Waals surface area contributed by atoms with Crippen molar-refractivity contribution in [3.05, 3.63) is 96.1 Å². The molecule has 0 bridgehead atoms. The number of benzene rings is 4. The predicted octanol–water partition coefficient (Wildman–Crippen LogP) is 6.87. The number of hydrogen-bond acceptors (Lipinski definition) is 5. The van der Waals surface area contributed by atoms with Crippen molar-refractivity contribution in [1.82, 2.24) is 0 Å². The second-order valence-corrected chi connectivity index (χ2v) is 11.0. The van der Waals surface area contributed by atoms with E-state index in [1.165, 1.54) is 29.2 Å². The van der Waals surface area contributed by atoms with Crippen molar-refractivity contribution in [3.8, 4) is 11.5 Å². The molecule has 5 rings (SSSR count). The fourth-order valence-corrected chi connectivity index (χ4v) is 5.94. The molecule has 4 aromatic rings. The lowest BCUT2D eigenvalue weighted by Gasteiger charge is -2.25. The van der Waals surface area contributed by atoms with E-state index >= 15 is 0 Å². The maximum Gasteiger partial charge on any atom is 0.337 e. The van der Waals surface area contributed by atoms with Crippen LogP contribution in [0.3, 0.4) is 0 Å². The Morgan fingerprint density at radius 2 is 1.55 bits per heavy atom. The predicted molar refractivity (Wildman–Crippen MR) is 152 cm³/mol. The summed E-state index contributed by atoms with van der Waals surface area (Å²) in [5, 5.41) is 14.9. The van der Waals surface area contributed by atoms with Gasteiger partial charge in [-0.25, -0.2) is 4.79 Å². The number of thioether (sulfide) groups is 1. The highest BCUT2D eigenvalue weighted by Gasteiger charge is 2.19.